The molecule has 0 aliphatic heterocycles. The zero-order valence-corrected chi connectivity index (χ0v) is 16.1. The maximum absolute atomic E-state index is 13.1. The van der Waals surface area contributed by atoms with Crippen molar-refractivity contribution in [2.75, 3.05) is 11.9 Å². The van der Waals surface area contributed by atoms with Gasteiger partial charge < -0.3 is 5.32 Å². The first kappa shape index (κ1) is 20.1. The van der Waals surface area contributed by atoms with E-state index < -0.39 is 28.3 Å². The summed E-state index contributed by atoms with van der Waals surface area (Å²) in [5, 5.41) is 2.64. The van der Waals surface area contributed by atoms with E-state index >= 15 is 0 Å². The van der Waals surface area contributed by atoms with Crippen molar-refractivity contribution in [3.8, 4) is 0 Å². The summed E-state index contributed by atoms with van der Waals surface area (Å²) >= 11 is 0. The van der Waals surface area contributed by atoms with Crippen LogP contribution in [0.5, 0.6) is 0 Å². The number of anilines is 1. The van der Waals surface area contributed by atoms with Crippen molar-refractivity contribution in [2.24, 2.45) is 0 Å². The average Bonchev–Trinajstić information content (AvgIpc) is 2.52. The van der Waals surface area contributed by atoms with Gasteiger partial charge in [0.15, 0.2) is 0 Å². The van der Waals surface area contributed by atoms with Crippen molar-refractivity contribution in [3.05, 3.63) is 59.4 Å². The number of halogens is 1. The zero-order chi connectivity index (χ0) is 19.5. The molecule has 5 nitrogen and oxygen atoms in total. The molecule has 2 aromatic carbocycles. The molecule has 2 aromatic rings. The van der Waals surface area contributed by atoms with Gasteiger partial charge in [-0.3, -0.25) is 4.79 Å². The molecule has 7 heteroatoms. The van der Waals surface area contributed by atoms with Gasteiger partial charge in [0.2, 0.25) is 15.9 Å². The number of aryl methyl sites for hydroxylation is 1. The highest BCUT2D eigenvalue weighted by molar-refractivity contribution is 7.89. The van der Waals surface area contributed by atoms with Crippen molar-refractivity contribution in [1.29, 1.82) is 0 Å². The molecule has 0 unspecified atom stereocenters. The summed E-state index contributed by atoms with van der Waals surface area (Å²) in [6.07, 6.45) is 0. The first-order valence-electron chi connectivity index (χ1n) is 8.15. The van der Waals surface area contributed by atoms with Crippen LogP contribution in [0.25, 0.3) is 0 Å². The van der Waals surface area contributed by atoms with Crippen molar-refractivity contribution in [1.82, 2.24) is 4.72 Å². The molecular weight excluding hydrogens is 355 g/mol. The lowest BCUT2D eigenvalue weighted by Gasteiger charge is -2.19. The summed E-state index contributed by atoms with van der Waals surface area (Å²) in [7, 11) is -3.90. The molecule has 0 aromatic heterocycles. The second kappa shape index (κ2) is 7.55. The second-order valence-corrected chi connectivity index (χ2v) is 8.85. The summed E-state index contributed by atoms with van der Waals surface area (Å²) in [5.41, 5.74) is 1.99. The van der Waals surface area contributed by atoms with E-state index in [1.54, 1.807) is 12.1 Å². The molecule has 0 saturated heterocycles. The monoisotopic (exact) mass is 378 g/mol. The minimum atomic E-state index is -3.90. The molecule has 0 aliphatic carbocycles. The van der Waals surface area contributed by atoms with Crippen LogP contribution in [-0.2, 0) is 20.2 Å². The fraction of sp³-hybridized carbons (Fsp3) is 0.316. The van der Waals surface area contributed by atoms with Crippen LogP contribution in [0.3, 0.4) is 0 Å². The minimum Gasteiger partial charge on any atom is -0.325 e. The Bertz CT molecular complexity index is 901. The van der Waals surface area contributed by atoms with Crippen molar-refractivity contribution < 1.29 is 17.6 Å². The zero-order valence-electron chi connectivity index (χ0n) is 15.3. The number of nitrogens with one attached hydrogen (secondary N) is 2. The summed E-state index contributed by atoms with van der Waals surface area (Å²) in [6, 6.07) is 10.8. The van der Waals surface area contributed by atoms with Gasteiger partial charge in [0, 0.05) is 5.69 Å². The highest BCUT2D eigenvalue weighted by Crippen LogP contribution is 2.23. The molecule has 0 fully saturated rings. The van der Waals surface area contributed by atoms with Crippen molar-refractivity contribution >= 4 is 21.6 Å². The maximum atomic E-state index is 13.1. The summed E-state index contributed by atoms with van der Waals surface area (Å²) in [6.45, 7) is 7.35. The van der Waals surface area contributed by atoms with E-state index in [1.807, 2.05) is 12.1 Å². The molecule has 140 valence electrons. The van der Waals surface area contributed by atoms with Crippen molar-refractivity contribution in [3.63, 3.8) is 0 Å². The highest BCUT2D eigenvalue weighted by atomic mass is 32.2. The lowest BCUT2D eigenvalue weighted by atomic mass is 9.87. The Kier molecular flexibility index (Phi) is 5.83. The summed E-state index contributed by atoms with van der Waals surface area (Å²) in [4.78, 5) is 12.0. The van der Waals surface area contributed by atoms with Crippen molar-refractivity contribution in [2.45, 2.75) is 38.0 Å². The fourth-order valence-corrected chi connectivity index (χ4v) is 3.62. The predicted molar refractivity (Wildman–Crippen MR) is 100 cm³/mol. The summed E-state index contributed by atoms with van der Waals surface area (Å²) in [5.74, 6) is -1.00. The molecule has 0 radical (unpaired) electrons. The Morgan fingerprint density at radius 1 is 1.08 bits per heavy atom. The molecular formula is C19H23FN2O3S. The normalized spacial score (nSPS) is 12.0. The van der Waals surface area contributed by atoms with E-state index in [4.69, 9.17) is 0 Å². The van der Waals surface area contributed by atoms with E-state index in [9.17, 15) is 17.6 Å². The third-order valence-corrected chi connectivity index (χ3v) is 5.45. The van der Waals surface area contributed by atoms with Gasteiger partial charge in [0.1, 0.15) is 5.82 Å². The Morgan fingerprint density at radius 2 is 1.69 bits per heavy atom. The standard InChI is InChI=1S/C19H23FN2O3S/c1-13-11-15(20)7-10-17(13)26(24,25)21-12-18(23)22-16-8-5-14(6-9-16)19(2,3)4/h5-11,21H,12H2,1-4H3,(H,22,23). The first-order valence-corrected chi connectivity index (χ1v) is 9.63. The molecule has 0 heterocycles. The minimum absolute atomic E-state index is 0.00515. The van der Waals surface area contributed by atoms with Gasteiger partial charge in [-0.25, -0.2) is 17.5 Å². The topological polar surface area (TPSA) is 75.3 Å². The molecule has 1 amide bonds. The smallest absolute Gasteiger partial charge is 0.241 e. The number of amides is 1. The van der Waals surface area contributed by atoms with Crippen LogP contribution in [0.15, 0.2) is 47.4 Å². The molecule has 0 aliphatic rings. The van der Waals surface area contributed by atoms with E-state index in [0.717, 1.165) is 17.7 Å². The van der Waals surface area contributed by atoms with Crippen LogP contribution < -0.4 is 10.0 Å². The van der Waals surface area contributed by atoms with Crippen LogP contribution in [0.1, 0.15) is 31.9 Å². The van der Waals surface area contributed by atoms with Gasteiger partial charge >= 0.3 is 0 Å². The van der Waals surface area contributed by atoms with Crippen LogP contribution in [0.4, 0.5) is 10.1 Å². The molecule has 2 rings (SSSR count). The van der Waals surface area contributed by atoms with Crippen LogP contribution in [0, 0.1) is 12.7 Å². The molecule has 0 atom stereocenters. The van der Waals surface area contributed by atoms with Gasteiger partial charge in [-0.1, -0.05) is 32.9 Å². The maximum Gasteiger partial charge on any atom is 0.241 e. The Labute approximate surface area is 153 Å². The first-order chi connectivity index (χ1) is 12.0. The molecule has 0 saturated carbocycles. The van der Waals surface area contributed by atoms with E-state index in [2.05, 4.69) is 30.8 Å². The van der Waals surface area contributed by atoms with Crippen LogP contribution >= 0.6 is 0 Å². The molecule has 26 heavy (non-hydrogen) atoms. The molecule has 2 N–H and O–H groups in total. The number of rotatable bonds is 5. The van der Waals surface area contributed by atoms with Crippen LogP contribution in [-0.4, -0.2) is 20.9 Å². The van der Waals surface area contributed by atoms with Gasteiger partial charge in [-0.2, -0.15) is 0 Å². The Hall–Kier alpha value is -2.25. The Morgan fingerprint density at radius 3 is 2.23 bits per heavy atom. The SMILES string of the molecule is Cc1cc(F)ccc1S(=O)(=O)NCC(=O)Nc1ccc(C(C)(C)C)cc1. The van der Waals surface area contributed by atoms with Gasteiger partial charge in [0.25, 0.3) is 0 Å². The molecule has 0 spiro atoms. The highest BCUT2D eigenvalue weighted by Gasteiger charge is 2.18. The fourth-order valence-electron chi connectivity index (χ4n) is 2.41. The number of hydrogen-bond acceptors (Lipinski definition) is 3. The van der Waals surface area contributed by atoms with Gasteiger partial charge in [-0.15, -0.1) is 0 Å². The lowest BCUT2D eigenvalue weighted by Crippen LogP contribution is -2.33. The quantitative estimate of drug-likeness (QED) is 0.838. The van der Waals surface area contributed by atoms with E-state index in [-0.39, 0.29) is 15.9 Å². The van der Waals surface area contributed by atoms with E-state index in [1.165, 1.54) is 13.0 Å². The largest absolute Gasteiger partial charge is 0.325 e. The summed E-state index contributed by atoms with van der Waals surface area (Å²) < 4.78 is 39.9. The predicted octanol–water partition coefficient (Wildman–Crippen LogP) is 3.35. The lowest BCUT2D eigenvalue weighted by molar-refractivity contribution is -0.115. The third kappa shape index (κ3) is 5.12. The number of carbonyl (C=O) groups excluding carboxylic acids is 1. The number of benzene rings is 2. The average molecular weight is 378 g/mol. The van der Waals surface area contributed by atoms with E-state index in [0.29, 0.717) is 5.69 Å². The van der Waals surface area contributed by atoms with Gasteiger partial charge in [0.05, 0.1) is 11.4 Å². The van der Waals surface area contributed by atoms with Gasteiger partial charge in [-0.05, 0) is 53.8 Å². The number of hydrogen-bond donors (Lipinski definition) is 2. The van der Waals surface area contributed by atoms with Crippen LogP contribution in [0.2, 0.25) is 0 Å². The number of sulfonamides is 1. The molecule has 0 bridgehead atoms. The Balaban J connectivity index is 2.00. The number of carbonyl (C=O) groups is 1. The third-order valence-electron chi connectivity index (χ3n) is 3.88. The second-order valence-electron chi connectivity index (χ2n) is 7.11.